The maximum atomic E-state index is 13.7. The van der Waals surface area contributed by atoms with E-state index in [4.69, 9.17) is 0 Å². The van der Waals surface area contributed by atoms with Gasteiger partial charge in [0.15, 0.2) is 0 Å². The molecule has 0 radical (unpaired) electrons. The molecule has 0 saturated carbocycles. The molecule has 25 heavy (non-hydrogen) atoms. The van der Waals surface area contributed by atoms with Gasteiger partial charge in [-0.15, -0.1) is 0 Å². The zero-order valence-corrected chi connectivity index (χ0v) is 15.4. The minimum absolute atomic E-state index is 0.296. The largest absolute Gasteiger partial charge is 0.380 e. The number of hydrogen-bond acceptors (Lipinski definition) is 3. The number of pyridine rings is 1. The first-order valence-electron chi connectivity index (χ1n) is 7.91. The lowest BCUT2D eigenvalue weighted by Crippen LogP contribution is -2.29. The van der Waals surface area contributed by atoms with Gasteiger partial charge in [-0.05, 0) is 36.8 Å². The van der Waals surface area contributed by atoms with Crippen molar-refractivity contribution < 1.29 is 8.78 Å². The van der Waals surface area contributed by atoms with Crippen LogP contribution in [0.3, 0.4) is 0 Å². The fourth-order valence-electron chi connectivity index (χ4n) is 2.65. The highest BCUT2D eigenvalue weighted by Gasteiger charge is 2.17. The van der Waals surface area contributed by atoms with Crippen LogP contribution in [0.4, 0.5) is 8.78 Å². The molecule has 0 unspecified atom stereocenters. The molecule has 130 valence electrons. The van der Waals surface area contributed by atoms with Gasteiger partial charge < -0.3 is 10.2 Å². The SMILES string of the molecule is CC1=CC(NCc2ccc(F)cc2F)=C(Br)CN1Cc1ccncc1. The van der Waals surface area contributed by atoms with E-state index in [1.807, 2.05) is 25.1 Å². The van der Waals surface area contributed by atoms with E-state index in [2.05, 4.69) is 31.1 Å². The third kappa shape index (κ3) is 4.45. The van der Waals surface area contributed by atoms with Crippen LogP contribution in [0.5, 0.6) is 0 Å². The molecule has 2 heterocycles. The first kappa shape index (κ1) is 17.6. The van der Waals surface area contributed by atoms with Crippen molar-refractivity contribution in [2.24, 2.45) is 0 Å². The molecule has 1 aliphatic rings. The van der Waals surface area contributed by atoms with Crippen LogP contribution in [0.15, 0.2) is 64.7 Å². The topological polar surface area (TPSA) is 28.2 Å². The van der Waals surface area contributed by atoms with Crippen LogP contribution in [0.25, 0.3) is 0 Å². The number of hydrogen-bond donors (Lipinski definition) is 1. The quantitative estimate of drug-likeness (QED) is 0.794. The highest BCUT2D eigenvalue weighted by atomic mass is 79.9. The summed E-state index contributed by atoms with van der Waals surface area (Å²) in [6, 6.07) is 7.62. The molecule has 1 N–H and O–H groups in total. The second-order valence-electron chi connectivity index (χ2n) is 5.91. The fraction of sp³-hybridized carbons (Fsp3) is 0.211. The highest BCUT2D eigenvalue weighted by Crippen LogP contribution is 2.25. The number of halogens is 3. The zero-order valence-electron chi connectivity index (χ0n) is 13.8. The third-order valence-electron chi connectivity index (χ3n) is 4.08. The van der Waals surface area contributed by atoms with E-state index in [9.17, 15) is 8.78 Å². The van der Waals surface area contributed by atoms with Crippen molar-refractivity contribution in [3.8, 4) is 0 Å². The Morgan fingerprint density at radius 3 is 2.68 bits per heavy atom. The molecule has 6 heteroatoms. The van der Waals surface area contributed by atoms with Crippen LogP contribution in [0.1, 0.15) is 18.1 Å². The van der Waals surface area contributed by atoms with Crippen LogP contribution in [0, 0.1) is 11.6 Å². The zero-order chi connectivity index (χ0) is 17.8. The van der Waals surface area contributed by atoms with Crippen molar-refractivity contribution in [1.29, 1.82) is 0 Å². The van der Waals surface area contributed by atoms with Gasteiger partial charge in [-0.2, -0.15) is 0 Å². The Morgan fingerprint density at radius 1 is 1.20 bits per heavy atom. The number of nitrogens with one attached hydrogen (secondary N) is 1. The van der Waals surface area contributed by atoms with E-state index < -0.39 is 11.6 Å². The first-order chi connectivity index (χ1) is 12.0. The third-order valence-corrected chi connectivity index (χ3v) is 4.76. The molecular weight excluding hydrogens is 388 g/mol. The van der Waals surface area contributed by atoms with Gasteiger partial charge in [0.25, 0.3) is 0 Å². The van der Waals surface area contributed by atoms with Crippen molar-refractivity contribution >= 4 is 15.9 Å². The van der Waals surface area contributed by atoms with Crippen LogP contribution in [-0.4, -0.2) is 16.4 Å². The Hall–Kier alpha value is -2.21. The molecule has 0 aliphatic carbocycles. The Kier molecular flexibility index (Phi) is 5.48. The molecule has 0 atom stereocenters. The predicted octanol–water partition coefficient (Wildman–Crippen LogP) is 4.48. The minimum Gasteiger partial charge on any atom is -0.380 e. The van der Waals surface area contributed by atoms with E-state index in [1.54, 1.807) is 12.4 Å². The second kappa shape index (κ2) is 7.78. The lowest BCUT2D eigenvalue weighted by Gasteiger charge is -2.30. The average Bonchev–Trinajstić information content (AvgIpc) is 2.59. The standard InChI is InChI=1S/C19H18BrF2N3/c1-13-8-19(24-10-15-2-3-16(21)9-18(15)22)17(20)12-25(13)11-14-4-6-23-7-5-14/h2-9,24H,10-12H2,1H3. The summed E-state index contributed by atoms with van der Waals surface area (Å²) in [5.41, 5.74) is 3.64. The van der Waals surface area contributed by atoms with Crippen LogP contribution >= 0.6 is 15.9 Å². The second-order valence-corrected chi connectivity index (χ2v) is 6.86. The molecule has 1 aliphatic heterocycles. The molecule has 1 aromatic heterocycles. The predicted molar refractivity (Wildman–Crippen MR) is 97.6 cm³/mol. The van der Waals surface area contributed by atoms with Gasteiger partial charge >= 0.3 is 0 Å². The summed E-state index contributed by atoms with van der Waals surface area (Å²) in [5.74, 6) is -1.11. The van der Waals surface area contributed by atoms with Gasteiger partial charge in [-0.25, -0.2) is 8.78 Å². The van der Waals surface area contributed by atoms with Gasteiger partial charge in [0.05, 0.1) is 6.54 Å². The number of nitrogens with zero attached hydrogens (tertiary/aromatic N) is 2. The summed E-state index contributed by atoms with van der Waals surface area (Å²) >= 11 is 3.60. The van der Waals surface area contributed by atoms with E-state index in [0.29, 0.717) is 12.1 Å². The van der Waals surface area contributed by atoms with Gasteiger partial charge in [0.2, 0.25) is 0 Å². The number of rotatable bonds is 5. The first-order valence-corrected chi connectivity index (χ1v) is 8.71. The average molecular weight is 406 g/mol. The molecule has 1 aromatic carbocycles. The Labute approximate surface area is 154 Å². The number of allylic oxidation sites excluding steroid dienone is 2. The molecule has 0 saturated heterocycles. The summed E-state index contributed by atoms with van der Waals surface area (Å²) in [4.78, 5) is 6.27. The van der Waals surface area contributed by atoms with E-state index >= 15 is 0 Å². The minimum atomic E-state index is -0.568. The maximum Gasteiger partial charge on any atom is 0.131 e. The molecular formula is C19H18BrF2N3. The molecule has 0 amide bonds. The Bertz CT molecular complexity index is 819. The van der Waals surface area contributed by atoms with Crippen LogP contribution < -0.4 is 5.32 Å². The van der Waals surface area contributed by atoms with Gasteiger partial charge in [-0.3, -0.25) is 4.98 Å². The van der Waals surface area contributed by atoms with E-state index in [0.717, 1.165) is 35.0 Å². The molecule has 3 rings (SSSR count). The van der Waals surface area contributed by atoms with E-state index in [-0.39, 0.29) is 0 Å². The van der Waals surface area contributed by atoms with Crippen LogP contribution in [-0.2, 0) is 13.1 Å². The molecule has 0 bridgehead atoms. The van der Waals surface area contributed by atoms with Crippen molar-refractivity contribution in [3.05, 3.63) is 87.4 Å². The monoisotopic (exact) mass is 405 g/mol. The summed E-state index contributed by atoms with van der Waals surface area (Å²) in [6.45, 7) is 3.85. The van der Waals surface area contributed by atoms with Gasteiger partial charge in [0, 0.05) is 53.0 Å². The molecule has 0 spiro atoms. The number of aromatic nitrogens is 1. The lowest BCUT2D eigenvalue weighted by atomic mass is 10.1. The van der Waals surface area contributed by atoms with Crippen LogP contribution in [0.2, 0.25) is 0 Å². The molecule has 0 fully saturated rings. The van der Waals surface area contributed by atoms with Crippen molar-refractivity contribution in [2.45, 2.75) is 20.0 Å². The molecule has 2 aromatic rings. The van der Waals surface area contributed by atoms with Gasteiger partial charge in [0.1, 0.15) is 11.6 Å². The fourth-order valence-corrected chi connectivity index (χ4v) is 3.20. The summed E-state index contributed by atoms with van der Waals surface area (Å²) in [7, 11) is 0. The maximum absolute atomic E-state index is 13.7. The van der Waals surface area contributed by atoms with Crippen molar-refractivity contribution in [1.82, 2.24) is 15.2 Å². The lowest BCUT2D eigenvalue weighted by molar-refractivity contribution is 0.364. The molecule has 3 nitrogen and oxygen atoms in total. The smallest absolute Gasteiger partial charge is 0.131 e. The normalized spacial score (nSPS) is 14.6. The van der Waals surface area contributed by atoms with E-state index in [1.165, 1.54) is 17.7 Å². The summed E-state index contributed by atoms with van der Waals surface area (Å²) in [5, 5.41) is 3.22. The summed E-state index contributed by atoms with van der Waals surface area (Å²) < 4.78 is 27.7. The number of benzene rings is 1. The van der Waals surface area contributed by atoms with Crippen molar-refractivity contribution in [3.63, 3.8) is 0 Å². The Balaban J connectivity index is 1.66. The summed E-state index contributed by atoms with van der Waals surface area (Å²) in [6.07, 6.45) is 5.59. The Morgan fingerprint density at radius 2 is 1.96 bits per heavy atom. The highest BCUT2D eigenvalue weighted by molar-refractivity contribution is 9.11. The van der Waals surface area contributed by atoms with Gasteiger partial charge in [-0.1, -0.05) is 22.0 Å². The van der Waals surface area contributed by atoms with Crippen molar-refractivity contribution in [2.75, 3.05) is 6.54 Å².